The molecular weight excluding hydrogens is 465 g/mol. The molecule has 1 aromatic heterocycles. The third-order valence-corrected chi connectivity index (χ3v) is 7.44. The highest BCUT2D eigenvalue weighted by Gasteiger charge is 2.30. The number of benzene rings is 2. The van der Waals surface area contributed by atoms with E-state index < -0.39 is 21.7 Å². The van der Waals surface area contributed by atoms with E-state index in [1.807, 2.05) is 9.80 Å². The number of carbonyl (C=O) groups excluding carboxylic acids is 1. The van der Waals surface area contributed by atoms with Gasteiger partial charge in [-0.15, -0.1) is 0 Å². The molecule has 0 atom stereocenters. The molecule has 5 rings (SSSR count). The predicted octanol–water partition coefficient (Wildman–Crippen LogP) is 2.75. The second-order valence-corrected chi connectivity index (χ2v) is 9.75. The third-order valence-electron chi connectivity index (χ3n) is 6.04. The number of nitrogens with zero attached hydrogens (tertiary/aromatic N) is 2. The van der Waals surface area contributed by atoms with Gasteiger partial charge in [0.25, 0.3) is 10.0 Å². The third kappa shape index (κ3) is 4.05. The predicted molar refractivity (Wildman–Crippen MR) is 124 cm³/mol. The van der Waals surface area contributed by atoms with Gasteiger partial charge in [-0.2, -0.15) is 0 Å². The quantitative estimate of drug-likeness (QED) is 0.564. The average Bonchev–Trinajstić information content (AvgIpc) is 3.23. The topological polar surface area (TPSA) is 101 Å². The van der Waals surface area contributed by atoms with Gasteiger partial charge in [0.05, 0.1) is 31.4 Å². The van der Waals surface area contributed by atoms with Crippen LogP contribution >= 0.6 is 0 Å². The number of anilines is 2. The Morgan fingerprint density at radius 1 is 1.09 bits per heavy atom. The van der Waals surface area contributed by atoms with E-state index in [9.17, 15) is 17.6 Å². The van der Waals surface area contributed by atoms with Gasteiger partial charge in [0, 0.05) is 44.0 Å². The van der Waals surface area contributed by atoms with Crippen LogP contribution in [0.4, 0.5) is 15.8 Å². The lowest BCUT2D eigenvalue weighted by atomic mass is 10.1. The Morgan fingerprint density at radius 3 is 2.53 bits per heavy atom. The number of amides is 1. The number of rotatable bonds is 6. The molecule has 2 fully saturated rings. The van der Waals surface area contributed by atoms with Crippen molar-refractivity contribution in [2.24, 2.45) is 0 Å². The Labute approximate surface area is 196 Å². The fourth-order valence-corrected chi connectivity index (χ4v) is 5.50. The summed E-state index contributed by atoms with van der Waals surface area (Å²) in [5.41, 5.74) is 1.24. The van der Waals surface area contributed by atoms with Crippen molar-refractivity contribution in [3.05, 3.63) is 48.0 Å². The van der Waals surface area contributed by atoms with Gasteiger partial charge in [-0.25, -0.2) is 17.5 Å². The number of halogens is 1. The van der Waals surface area contributed by atoms with Crippen LogP contribution in [-0.2, 0) is 14.8 Å². The van der Waals surface area contributed by atoms with Crippen LogP contribution < -0.4 is 19.3 Å². The monoisotopic (exact) mass is 489 g/mol. The highest BCUT2D eigenvalue weighted by molar-refractivity contribution is 7.90. The summed E-state index contributed by atoms with van der Waals surface area (Å²) in [4.78, 5) is 16.6. The number of methoxy groups -OCH3 is 1. The van der Waals surface area contributed by atoms with Gasteiger partial charge in [0.1, 0.15) is 17.1 Å². The minimum Gasteiger partial charge on any atom is -0.495 e. The number of fused-ring (bicyclic) bond motifs is 1. The summed E-state index contributed by atoms with van der Waals surface area (Å²) >= 11 is 0. The molecule has 2 aromatic carbocycles. The van der Waals surface area contributed by atoms with Gasteiger partial charge < -0.3 is 23.7 Å². The smallest absolute Gasteiger partial charge is 0.300 e. The van der Waals surface area contributed by atoms with E-state index >= 15 is 0 Å². The first kappa shape index (κ1) is 22.5. The lowest BCUT2D eigenvalue weighted by Gasteiger charge is -2.33. The van der Waals surface area contributed by atoms with Crippen LogP contribution in [-0.4, -0.2) is 60.8 Å². The zero-order valence-electron chi connectivity index (χ0n) is 18.5. The van der Waals surface area contributed by atoms with Crippen LogP contribution in [0.25, 0.3) is 11.0 Å². The number of sulfonamides is 1. The molecule has 9 nitrogen and oxygen atoms in total. The number of morpholine rings is 1. The van der Waals surface area contributed by atoms with Gasteiger partial charge >= 0.3 is 5.91 Å². The molecule has 3 aromatic rings. The van der Waals surface area contributed by atoms with E-state index in [1.54, 1.807) is 18.2 Å². The van der Waals surface area contributed by atoms with Crippen molar-refractivity contribution in [2.45, 2.75) is 11.3 Å². The van der Waals surface area contributed by atoms with E-state index in [0.29, 0.717) is 37.7 Å². The first-order valence-electron chi connectivity index (χ1n) is 10.9. The molecule has 2 aliphatic rings. The maximum absolute atomic E-state index is 14.6. The molecule has 1 amide bonds. The largest absolute Gasteiger partial charge is 0.495 e. The highest BCUT2D eigenvalue weighted by atomic mass is 32.2. The summed E-state index contributed by atoms with van der Waals surface area (Å²) in [5, 5.41) is 0.109. The van der Waals surface area contributed by atoms with Crippen LogP contribution in [0.15, 0.2) is 45.7 Å². The molecule has 3 heterocycles. The molecule has 0 radical (unpaired) electrons. The van der Waals surface area contributed by atoms with E-state index in [-0.39, 0.29) is 27.4 Å². The molecule has 1 N–H and O–H groups in total. The van der Waals surface area contributed by atoms with E-state index in [4.69, 9.17) is 13.9 Å². The molecule has 2 saturated heterocycles. The Bertz CT molecular complexity index is 1350. The number of hydrogen-bond acceptors (Lipinski definition) is 8. The van der Waals surface area contributed by atoms with E-state index in [2.05, 4.69) is 4.72 Å². The highest BCUT2D eigenvalue weighted by Crippen LogP contribution is 2.35. The minimum absolute atomic E-state index is 0.0964. The van der Waals surface area contributed by atoms with Crippen molar-refractivity contribution in [2.75, 3.05) is 56.3 Å². The van der Waals surface area contributed by atoms with Crippen molar-refractivity contribution in [1.29, 1.82) is 0 Å². The zero-order chi connectivity index (χ0) is 23.9. The molecule has 180 valence electrons. The van der Waals surface area contributed by atoms with Crippen LogP contribution in [0.3, 0.4) is 0 Å². The first-order valence-corrected chi connectivity index (χ1v) is 12.4. The summed E-state index contributed by atoms with van der Waals surface area (Å²) in [6.45, 7) is 3.53. The zero-order valence-corrected chi connectivity index (χ0v) is 19.4. The second-order valence-electron chi connectivity index (χ2n) is 8.13. The number of carbonyl (C=O) groups is 1. The van der Waals surface area contributed by atoms with Crippen LogP contribution in [0.1, 0.15) is 17.0 Å². The van der Waals surface area contributed by atoms with Crippen molar-refractivity contribution in [3.8, 4) is 5.75 Å². The van der Waals surface area contributed by atoms with Crippen molar-refractivity contribution in [1.82, 2.24) is 4.72 Å². The molecule has 11 heteroatoms. The summed E-state index contributed by atoms with van der Waals surface area (Å²) in [6.07, 6.45) is 1.03. The SMILES string of the molecule is COc1cccc(N2CCOCC2)c1S(=O)(=O)NC(=O)c1cc2c(F)cc(N3CCC3)cc2o1. The fourth-order valence-electron chi connectivity index (χ4n) is 4.16. The molecular formula is C23H24FN3O6S. The van der Waals surface area contributed by atoms with Gasteiger partial charge in [-0.1, -0.05) is 6.07 Å². The average molecular weight is 490 g/mol. The van der Waals surface area contributed by atoms with Gasteiger partial charge in [-0.3, -0.25) is 4.79 Å². The Hall–Kier alpha value is -3.31. The van der Waals surface area contributed by atoms with Crippen molar-refractivity contribution >= 4 is 38.3 Å². The molecule has 0 spiro atoms. The lowest BCUT2D eigenvalue weighted by molar-refractivity contribution is 0.0956. The van der Waals surface area contributed by atoms with Crippen LogP contribution in [0.5, 0.6) is 5.75 Å². The minimum atomic E-state index is -4.36. The van der Waals surface area contributed by atoms with Gasteiger partial charge in [0.15, 0.2) is 10.7 Å². The van der Waals surface area contributed by atoms with E-state index in [1.165, 1.54) is 25.3 Å². The maximum atomic E-state index is 14.6. The summed E-state index contributed by atoms with van der Waals surface area (Å²) in [7, 11) is -3.01. The normalized spacial score (nSPS) is 16.4. The lowest BCUT2D eigenvalue weighted by Crippen LogP contribution is -2.38. The first-order chi connectivity index (χ1) is 16.4. The van der Waals surface area contributed by atoms with Crippen molar-refractivity contribution in [3.63, 3.8) is 0 Å². The van der Waals surface area contributed by atoms with Crippen molar-refractivity contribution < 1.29 is 31.5 Å². The molecule has 0 unspecified atom stereocenters. The summed E-state index contributed by atoms with van der Waals surface area (Å²) in [6, 6.07) is 9.10. The Morgan fingerprint density at radius 2 is 1.85 bits per heavy atom. The van der Waals surface area contributed by atoms with Gasteiger partial charge in [0.2, 0.25) is 0 Å². The molecule has 0 bridgehead atoms. The fraction of sp³-hybridized carbons (Fsp3) is 0.348. The van der Waals surface area contributed by atoms with Crippen LogP contribution in [0.2, 0.25) is 0 Å². The molecule has 0 aliphatic carbocycles. The van der Waals surface area contributed by atoms with Crippen LogP contribution in [0, 0.1) is 5.82 Å². The number of ether oxygens (including phenoxy) is 2. The Balaban J connectivity index is 1.47. The number of nitrogens with one attached hydrogen (secondary N) is 1. The molecule has 0 saturated carbocycles. The molecule has 2 aliphatic heterocycles. The van der Waals surface area contributed by atoms with E-state index in [0.717, 1.165) is 19.5 Å². The second kappa shape index (κ2) is 8.80. The number of furan rings is 1. The maximum Gasteiger partial charge on any atom is 0.300 e. The summed E-state index contributed by atoms with van der Waals surface area (Å²) in [5.74, 6) is -1.75. The summed E-state index contributed by atoms with van der Waals surface area (Å²) < 4.78 is 59.6. The molecule has 34 heavy (non-hydrogen) atoms. The Kier molecular flexibility index (Phi) is 5.82. The van der Waals surface area contributed by atoms with Gasteiger partial charge in [-0.05, 0) is 24.6 Å². The standard InChI is InChI=1S/C23H24FN3O6S/c1-31-19-5-2-4-18(27-8-10-32-11-9-27)22(19)34(29,30)25-23(28)21-14-16-17(24)12-15(13-20(16)33-21)26-6-3-7-26/h2,4-5,12-14H,3,6-11H2,1H3,(H,25,28). The number of hydrogen-bond donors (Lipinski definition) is 1.